The first-order valence-corrected chi connectivity index (χ1v) is 33.7. The van der Waals surface area contributed by atoms with Crippen LogP contribution in [0.5, 0.6) is 5.88 Å². The second-order valence-electron chi connectivity index (χ2n) is 24.8. The molecule has 1 aliphatic rings. The van der Waals surface area contributed by atoms with Crippen molar-refractivity contribution in [3.05, 3.63) is 135 Å². The highest BCUT2D eigenvalue weighted by molar-refractivity contribution is 5.90. The minimum absolute atomic E-state index is 0.0268. The Bertz CT molecular complexity index is 4660. The number of carboxylic acids is 1. The van der Waals surface area contributed by atoms with E-state index in [-0.39, 0.29) is 104 Å². The highest BCUT2D eigenvalue weighted by Crippen LogP contribution is 2.22. The predicted molar refractivity (Wildman–Crippen MR) is 383 cm³/mol. The van der Waals surface area contributed by atoms with Gasteiger partial charge in [0, 0.05) is 101 Å². The van der Waals surface area contributed by atoms with Crippen LogP contribution >= 0.6 is 0 Å². The third-order valence-corrected chi connectivity index (χ3v) is 16.5. The van der Waals surface area contributed by atoms with Gasteiger partial charge in [0.1, 0.15) is 44.6 Å². The van der Waals surface area contributed by atoms with Crippen LogP contribution in [-0.2, 0) is 62.8 Å². The number of urea groups is 1. The van der Waals surface area contributed by atoms with Gasteiger partial charge < -0.3 is 82.7 Å². The number of carbonyl (C=O) groups is 10. The van der Waals surface area contributed by atoms with Crippen molar-refractivity contribution < 1.29 is 58.2 Å². The number of aryl methyl sites for hydroxylation is 3. The van der Waals surface area contributed by atoms with Crippen LogP contribution in [0.3, 0.4) is 0 Å². The summed E-state index contributed by atoms with van der Waals surface area (Å²) in [6.07, 6.45) is 10.1. The number of H-pyrrole nitrogens is 1. The largest absolute Gasteiger partial charge is 0.492 e. The maximum atomic E-state index is 14.3. The maximum absolute atomic E-state index is 14.3. The first-order valence-electron chi connectivity index (χ1n) is 33.7. The van der Waals surface area contributed by atoms with Crippen LogP contribution < -0.4 is 55.0 Å². The number of nitrogens with two attached hydrogens (primary N) is 3. The van der Waals surface area contributed by atoms with Crippen molar-refractivity contribution >= 4 is 93.4 Å². The van der Waals surface area contributed by atoms with E-state index >= 15 is 0 Å². The summed E-state index contributed by atoms with van der Waals surface area (Å²) in [4.78, 5) is 191. The lowest BCUT2D eigenvalue weighted by Gasteiger charge is -2.28. The molecular formula is C69H83N23O14. The molecule has 0 saturated carbocycles. The van der Waals surface area contributed by atoms with Crippen LogP contribution in [0.4, 0.5) is 16.6 Å². The van der Waals surface area contributed by atoms with Gasteiger partial charge in [0.25, 0.3) is 5.56 Å². The average Bonchev–Trinajstić information content (AvgIpc) is 1.66. The van der Waals surface area contributed by atoms with Gasteiger partial charge >= 0.3 is 17.7 Å². The number of aromatic hydroxyl groups is 1. The fourth-order valence-corrected chi connectivity index (χ4v) is 10.8. The number of aromatic amines is 1. The van der Waals surface area contributed by atoms with Gasteiger partial charge in [0.05, 0.1) is 38.5 Å². The van der Waals surface area contributed by atoms with Gasteiger partial charge in [-0.2, -0.15) is 9.97 Å². The van der Waals surface area contributed by atoms with Crippen molar-refractivity contribution in [2.75, 3.05) is 96.5 Å². The number of nitrogens with zero attached hydrogens (tertiary/aromatic N) is 14. The number of hydrogen-bond acceptors (Lipinski definition) is 22. The molecule has 7 aromatic rings. The Morgan fingerprint density at radius 2 is 1.10 bits per heavy atom. The third kappa shape index (κ3) is 24.0. The molecule has 37 heteroatoms. The Morgan fingerprint density at radius 1 is 0.604 bits per heavy atom. The predicted octanol–water partition coefficient (Wildman–Crippen LogP) is -2.24. The molecule has 6 heterocycles. The summed E-state index contributed by atoms with van der Waals surface area (Å²) in [5, 5.41) is 33.1. The molecule has 106 heavy (non-hydrogen) atoms. The Balaban J connectivity index is 0.902. The molecule has 0 fully saturated rings. The summed E-state index contributed by atoms with van der Waals surface area (Å²) in [7, 11) is 0. The average molecular weight is 1460 g/mol. The van der Waals surface area contributed by atoms with E-state index in [2.05, 4.69) is 85.2 Å². The van der Waals surface area contributed by atoms with Gasteiger partial charge in [-0.1, -0.05) is 59.1 Å². The van der Waals surface area contributed by atoms with E-state index in [1.54, 1.807) is 0 Å². The fraction of sp³-hybridized carbons (Fsp3) is 0.391. The van der Waals surface area contributed by atoms with Crippen molar-refractivity contribution in [1.82, 2.24) is 99.7 Å². The molecule has 2 unspecified atom stereocenters. The molecular weight excluding hydrogens is 1370 g/mol. The number of hydrogen-bond donors (Lipinski definition) is 11. The topological polar surface area (TPSA) is 508 Å². The SMILES string of the molecule is Cc1ccc(C#CCCC(CC#Cc2ccc(C)cc2)CCCC(=O)NCCN(CC(=O)NCCN(CC(=O)NCCN(CC(=O)NCCN(CC(=O)O)C(=O)Cn2cc(C)c(=O)[nH]c2=O)C(=O)Cn2cnc3c(O)nc(N)nc32)C(=O)Cn2cnc3c(N)ncnc32)C(=O)CN2C=CC(N)NC2=O)cc1. The molecule has 8 rings (SSSR count). The monoisotopic (exact) mass is 1460 g/mol. The Kier molecular flexibility index (Phi) is 28.4. The van der Waals surface area contributed by atoms with Crippen LogP contribution in [0, 0.1) is 50.4 Å². The van der Waals surface area contributed by atoms with E-state index in [1.165, 1.54) is 41.0 Å². The minimum atomic E-state index is -1.42. The van der Waals surface area contributed by atoms with Crippen LogP contribution in [0.1, 0.15) is 66.3 Å². The van der Waals surface area contributed by atoms with Crippen LogP contribution in [-0.4, -0.2) is 234 Å². The van der Waals surface area contributed by atoms with E-state index in [9.17, 15) is 67.7 Å². The smallest absolute Gasteiger partial charge is 0.328 e. The Labute approximate surface area is 606 Å². The van der Waals surface area contributed by atoms with Crippen molar-refractivity contribution in [1.29, 1.82) is 0 Å². The zero-order valence-electron chi connectivity index (χ0n) is 58.6. The number of carboxylic acid groups (broad SMARTS) is 1. The van der Waals surface area contributed by atoms with Crippen LogP contribution in [0.2, 0.25) is 0 Å². The molecule has 14 N–H and O–H groups in total. The van der Waals surface area contributed by atoms with E-state index < -0.39 is 136 Å². The number of amides is 10. The summed E-state index contributed by atoms with van der Waals surface area (Å²) in [5.41, 5.74) is 20.4. The first kappa shape index (κ1) is 78.7. The summed E-state index contributed by atoms with van der Waals surface area (Å²) in [5.74, 6) is 5.25. The Morgan fingerprint density at radius 3 is 1.65 bits per heavy atom. The molecule has 37 nitrogen and oxygen atoms in total. The van der Waals surface area contributed by atoms with Crippen LogP contribution in [0.15, 0.2) is 95.6 Å². The van der Waals surface area contributed by atoms with Gasteiger partial charge in [0.2, 0.25) is 59.1 Å². The molecule has 2 atom stereocenters. The van der Waals surface area contributed by atoms with E-state index in [1.807, 2.05) is 62.4 Å². The van der Waals surface area contributed by atoms with Gasteiger partial charge in [-0.15, -0.1) is 0 Å². The quantitative estimate of drug-likeness (QED) is 0.0187. The van der Waals surface area contributed by atoms with Crippen molar-refractivity contribution in [3.8, 4) is 29.6 Å². The molecule has 2 aromatic carbocycles. The maximum Gasteiger partial charge on any atom is 0.328 e. The van der Waals surface area contributed by atoms with E-state index in [0.717, 1.165) is 70.3 Å². The van der Waals surface area contributed by atoms with E-state index in [4.69, 9.17) is 17.2 Å². The zero-order chi connectivity index (χ0) is 76.4. The number of nitrogen functional groups attached to an aromatic ring is 2. The summed E-state index contributed by atoms with van der Waals surface area (Å²) < 4.78 is 3.46. The number of rotatable bonds is 35. The fourth-order valence-electron chi connectivity index (χ4n) is 10.8. The number of aliphatic carboxylic acids is 1. The van der Waals surface area contributed by atoms with Crippen molar-refractivity contribution in [2.45, 2.75) is 85.1 Å². The standard InChI is InChI=1S/C69H83N23O14/c1-44-14-18-48(19-15-44)9-5-4-8-47(10-6-11-49-20-16-45(2)17-21-49)12-7-13-51(93)73-23-28-85(55(97)36-89-27-22-50(70)81-68(89)105)33-52(94)74-24-29-86(57(99)38-91-42-79-60-62(71)77-41-78-63(60)91)34-53(95)75-25-30-87(58(100)39-92-43-80-61-64(92)82-67(72)83-66(61)104)35-54(96)76-26-31-88(40-59(101)102)56(98)37-90-32-46(3)65(103)84-69(90)106/h14-22,27,32,41-43,47,50H,4,7-8,10,12-13,23-26,28-31,33-40,70H2,1-3H3,(H,73,93)(H,74,94)(H,75,95)(H,76,96)(H,81,105)(H,101,102)(H2,71,77,78)(H,84,103,106)(H3,72,82,83,104). The molecule has 0 radical (unpaired) electrons. The summed E-state index contributed by atoms with van der Waals surface area (Å²) >= 11 is 0. The number of benzene rings is 2. The number of aromatic nitrogens is 10. The normalized spacial score (nSPS) is 12.5. The van der Waals surface area contributed by atoms with Crippen molar-refractivity contribution in [3.63, 3.8) is 0 Å². The van der Waals surface area contributed by atoms with Gasteiger partial charge in [-0.3, -0.25) is 62.4 Å². The molecule has 0 spiro atoms. The van der Waals surface area contributed by atoms with Crippen LogP contribution in [0.25, 0.3) is 22.3 Å². The number of nitrogens with one attached hydrogen (secondary N) is 6. The minimum Gasteiger partial charge on any atom is -0.492 e. The summed E-state index contributed by atoms with van der Waals surface area (Å²) in [6.45, 7) is -1.89. The second kappa shape index (κ2) is 38.3. The molecule has 0 bridgehead atoms. The molecule has 558 valence electrons. The highest BCUT2D eigenvalue weighted by Gasteiger charge is 2.28. The molecule has 1 aliphatic heterocycles. The third-order valence-electron chi connectivity index (χ3n) is 16.5. The molecule has 0 aliphatic carbocycles. The lowest BCUT2D eigenvalue weighted by molar-refractivity contribution is -0.144. The summed E-state index contributed by atoms with van der Waals surface area (Å²) in [6, 6.07) is 15.3. The highest BCUT2D eigenvalue weighted by atomic mass is 16.4. The van der Waals surface area contributed by atoms with Gasteiger partial charge in [-0.05, 0) is 76.3 Å². The Hall–Kier alpha value is -13.1. The number of imidazole rings is 2. The number of anilines is 2. The first-order chi connectivity index (χ1) is 50.7. The number of carbonyl (C=O) groups excluding carboxylic acids is 9. The second-order valence-corrected chi connectivity index (χ2v) is 24.8. The van der Waals surface area contributed by atoms with Gasteiger partial charge in [-0.25, -0.2) is 29.5 Å². The molecule has 5 aromatic heterocycles. The number of fused-ring (bicyclic) bond motifs is 2. The van der Waals surface area contributed by atoms with Crippen molar-refractivity contribution in [2.24, 2.45) is 11.7 Å². The lowest BCUT2D eigenvalue weighted by Crippen LogP contribution is -2.53. The molecule has 10 amide bonds. The van der Waals surface area contributed by atoms with E-state index in [0.29, 0.717) is 25.7 Å². The zero-order valence-corrected chi connectivity index (χ0v) is 58.6. The molecule has 0 saturated heterocycles. The van der Waals surface area contributed by atoms with Gasteiger partial charge in [0.15, 0.2) is 22.6 Å². The lowest BCUT2D eigenvalue weighted by atomic mass is 9.93.